The molecule has 88 valence electrons. The molecule has 0 aromatic carbocycles. The van der Waals surface area contributed by atoms with E-state index in [2.05, 4.69) is 4.52 Å². The third kappa shape index (κ3) is 2.26. The van der Waals surface area contributed by atoms with Crippen LogP contribution in [0, 0.1) is 0 Å². The van der Waals surface area contributed by atoms with E-state index in [-0.39, 0.29) is 11.6 Å². The summed E-state index contributed by atoms with van der Waals surface area (Å²) in [5.41, 5.74) is -4.89. The lowest BCUT2D eigenvalue weighted by Gasteiger charge is -2.37. The Labute approximate surface area is 91.9 Å². The molecular formula is C8H12ClF2O3P. The van der Waals surface area contributed by atoms with Gasteiger partial charge in [0, 0.05) is 6.08 Å². The molecule has 0 aromatic heterocycles. The number of halogens is 3. The lowest BCUT2D eigenvalue weighted by Crippen LogP contribution is -2.34. The number of alkyl halides is 2. The van der Waals surface area contributed by atoms with Gasteiger partial charge in [-0.25, -0.2) is 0 Å². The average Bonchev–Trinajstić information content (AvgIpc) is 2.00. The maximum Gasteiger partial charge on any atom is 0.404 e. The molecule has 0 aliphatic carbocycles. The fourth-order valence-electron chi connectivity index (χ4n) is 1.09. The fourth-order valence-corrected chi connectivity index (χ4v) is 3.07. The molecule has 0 spiro atoms. The Kier molecular flexibility index (Phi) is 3.33. The molecule has 1 aliphatic heterocycles. The van der Waals surface area contributed by atoms with Crippen LogP contribution in [0.15, 0.2) is 11.1 Å². The Hall–Kier alpha value is 0.0400. The Morgan fingerprint density at radius 3 is 2.60 bits per heavy atom. The maximum absolute atomic E-state index is 13.4. The molecule has 0 amide bonds. The monoisotopic (exact) mass is 260 g/mol. The van der Waals surface area contributed by atoms with Gasteiger partial charge in [-0.2, -0.15) is 8.78 Å². The maximum atomic E-state index is 13.4. The van der Waals surface area contributed by atoms with Crippen molar-refractivity contribution in [1.29, 1.82) is 0 Å². The predicted molar refractivity (Wildman–Crippen MR) is 53.3 cm³/mol. The molecule has 0 radical (unpaired) electrons. The van der Waals surface area contributed by atoms with Gasteiger partial charge in [0.2, 0.25) is 0 Å². The number of allylic oxidation sites excluding steroid dienone is 1. The highest BCUT2D eigenvalue weighted by molar-refractivity contribution is 7.55. The van der Waals surface area contributed by atoms with E-state index < -0.39 is 18.9 Å². The number of hydrogen-bond acceptors (Lipinski definition) is 3. The lowest BCUT2D eigenvalue weighted by atomic mass is 10.1. The molecule has 0 fully saturated rings. The molecule has 1 heterocycles. The van der Waals surface area contributed by atoms with E-state index in [1.165, 1.54) is 20.8 Å². The van der Waals surface area contributed by atoms with Crippen molar-refractivity contribution in [2.24, 2.45) is 0 Å². The molecule has 0 saturated heterocycles. The van der Waals surface area contributed by atoms with E-state index in [0.717, 1.165) is 0 Å². The molecule has 0 N–H and O–H groups in total. The summed E-state index contributed by atoms with van der Waals surface area (Å²) in [7, 11) is -4.47. The molecule has 3 nitrogen and oxygen atoms in total. The second-order valence-electron chi connectivity index (χ2n) is 3.60. The summed E-state index contributed by atoms with van der Waals surface area (Å²) >= 11 is 5.60. The lowest BCUT2D eigenvalue weighted by molar-refractivity contribution is 0.0280. The molecule has 0 aromatic rings. The molecule has 1 rings (SSSR count). The first kappa shape index (κ1) is 13.1. The van der Waals surface area contributed by atoms with Crippen LogP contribution >= 0.6 is 19.2 Å². The van der Waals surface area contributed by atoms with Crippen LogP contribution in [0.25, 0.3) is 0 Å². The van der Waals surface area contributed by atoms with Crippen LogP contribution in [0.4, 0.5) is 8.78 Å². The van der Waals surface area contributed by atoms with E-state index in [1.54, 1.807) is 0 Å². The van der Waals surface area contributed by atoms with Crippen LogP contribution < -0.4 is 0 Å². The van der Waals surface area contributed by atoms with Crippen molar-refractivity contribution in [3.05, 3.63) is 11.1 Å². The Balaban J connectivity index is 3.19. The van der Waals surface area contributed by atoms with E-state index in [4.69, 9.17) is 16.1 Å². The summed E-state index contributed by atoms with van der Waals surface area (Å²) in [6.45, 7) is 4.25. The molecule has 0 bridgehead atoms. The van der Waals surface area contributed by atoms with Gasteiger partial charge in [-0.15, -0.1) is 0 Å². The van der Waals surface area contributed by atoms with E-state index in [1.807, 2.05) is 0 Å². The highest BCUT2D eigenvalue weighted by Gasteiger charge is 2.58. The molecular weight excluding hydrogens is 249 g/mol. The summed E-state index contributed by atoms with van der Waals surface area (Å²) < 4.78 is 47.8. The first-order valence-corrected chi connectivity index (χ1v) is 6.29. The van der Waals surface area contributed by atoms with E-state index >= 15 is 0 Å². The Morgan fingerprint density at radius 2 is 2.13 bits per heavy atom. The topological polar surface area (TPSA) is 35.5 Å². The van der Waals surface area contributed by atoms with Gasteiger partial charge in [0.15, 0.2) is 0 Å². The van der Waals surface area contributed by atoms with Gasteiger partial charge < -0.3 is 4.52 Å². The summed E-state index contributed by atoms with van der Waals surface area (Å²) in [6, 6.07) is 0. The van der Waals surface area contributed by atoms with Crippen LogP contribution in [0.1, 0.15) is 20.8 Å². The molecule has 1 atom stereocenters. The van der Waals surface area contributed by atoms with Gasteiger partial charge in [-0.1, -0.05) is 11.6 Å². The van der Waals surface area contributed by atoms with Crippen LogP contribution in [0.3, 0.4) is 0 Å². The van der Waals surface area contributed by atoms with Crippen molar-refractivity contribution in [2.75, 3.05) is 6.61 Å². The normalized spacial score (nSPS) is 33.6. The minimum atomic E-state index is -4.47. The first-order valence-electron chi connectivity index (χ1n) is 4.37. The highest BCUT2D eigenvalue weighted by Crippen LogP contribution is 2.68. The van der Waals surface area contributed by atoms with Crippen molar-refractivity contribution >= 4 is 19.2 Å². The van der Waals surface area contributed by atoms with Gasteiger partial charge in [-0.05, 0) is 20.8 Å². The molecule has 0 saturated carbocycles. The van der Waals surface area contributed by atoms with Crippen LogP contribution in [-0.2, 0) is 13.6 Å². The van der Waals surface area contributed by atoms with Crippen molar-refractivity contribution < 1.29 is 22.4 Å². The van der Waals surface area contributed by atoms with Crippen molar-refractivity contribution in [2.45, 2.75) is 32.0 Å². The summed E-state index contributed by atoms with van der Waals surface area (Å²) in [6.07, 6.45) is 0.439. The quantitative estimate of drug-likeness (QED) is 0.710. The molecule has 7 heteroatoms. The smallest absolute Gasteiger partial charge is 0.304 e. The highest BCUT2D eigenvalue weighted by atomic mass is 35.5. The van der Waals surface area contributed by atoms with Gasteiger partial charge >= 0.3 is 13.3 Å². The predicted octanol–water partition coefficient (Wildman–Crippen LogP) is 3.74. The minimum absolute atomic E-state index is 0.117. The Morgan fingerprint density at radius 1 is 1.60 bits per heavy atom. The van der Waals surface area contributed by atoms with Crippen molar-refractivity contribution in [3.63, 3.8) is 0 Å². The van der Waals surface area contributed by atoms with Crippen LogP contribution in [-0.4, -0.2) is 17.9 Å². The second kappa shape index (κ2) is 3.81. The van der Waals surface area contributed by atoms with E-state index in [0.29, 0.717) is 6.08 Å². The van der Waals surface area contributed by atoms with Crippen LogP contribution in [0.5, 0.6) is 0 Å². The van der Waals surface area contributed by atoms with Crippen LogP contribution in [0.2, 0.25) is 0 Å². The summed E-state index contributed by atoms with van der Waals surface area (Å²) in [4.78, 5) is 0. The zero-order valence-corrected chi connectivity index (χ0v) is 10.2. The zero-order chi connectivity index (χ0) is 11.9. The Bertz CT molecular complexity index is 341. The minimum Gasteiger partial charge on any atom is -0.304 e. The van der Waals surface area contributed by atoms with Crippen molar-refractivity contribution in [1.82, 2.24) is 0 Å². The van der Waals surface area contributed by atoms with Gasteiger partial charge in [0.05, 0.1) is 11.6 Å². The molecule has 15 heavy (non-hydrogen) atoms. The SMILES string of the molecule is CCOP1(=O)OC(C)(C)C(Cl)=CC1(F)F. The second-order valence-corrected chi connectivity index (χ2v) is 6.04. The van der Waals surface area contributed by atoms with Gasteiger partial charge in [0.25, 0.3) is 0 Å². The third-order valence-corrected chi connectivity index (χ3v) is 4.61. The number of rotatable bonds is 2. The average molecular weight is 261 g/mol. The van der Waals surface area contributed by atoms with Crippen molar-refractivity contribution in [3.8, 4) is 0 Å². The van der Waals surface area contributed by atoms with E-state index in [9.17, 15) is 13.3 Å². The molecule has 1 unspecified atom stereocenters. The summed E-state index contributed by atoms with van der Waals surface area (Å²) in [5.74, 6) is 0. The van der Waals surface area contributed by atoms with Gasteiger partial charge in [-0.3, -0.25) is 9.09 Å². The standard InChI is InChI=1S/C8H12ClF2O3P/c1-4-13-15(12)8(10,11)5-6(9)7(2,3)14-15/h5H,4H2,1-3H3. The first-order chi connectivity index (χ1) is 6.65. The number of hydrogen-bond donors (Lipinski definition) is 0. The largest absolute Gasteiger partial charge is 0.404 e. The summed E-state index contributed by atoms with van der Waals surface area (Å²) in [5, 5.41) is -0.182. The van der Waals surface area contributed by atoms with Gasteiger partial charge in [0.1, 0.15) is 5.60 Å². The third-order valence-electron chi connectivity index (χ3n) is 1.89. The molecule has 1 aliphatic rings. The zero-order valence-electron chi connectivity index (χ0n) is 8.59. The fraction of sp³-hybridized carbons (Fsp3) is 0.750.